The maximum atomic E-state index is 12.3. The molecule has 0 aromatic heterocycles. The number of sulfone groups is 3. The maximum Gasteiger partial charge on any atom is 0.263 e. The first-order valence-electron chi connectivity index (χ1n) is 5.52. The summed E-state index contributed by atoms with van der Waals surface area (Å²) in [6.07, 6.45) is 0.629. The Bertz CT molecular complexity index is 595. The van der Waals surface area contributed by atoms with E-state index in [0.29, 0.717) is 6.26 Å². The Labute approximate surface area is 116 Å². The van der Waals surface area contributed by atoms with E-state index in [4.69, 9.17) is 0 Å². The fourth-order valence-electron chi connectivity index (χ4n) is 1.20. The Hall–Kier alpha value is -0.150. The SMILES string of the molecule is CC(C)(C)S(=O)(=O)C(S(C)(=O)=O)S(=O)(=O)C(C)(C)C. The highest BCUT2D eigenvalue weighted by molar-refractivity contribution is 8.24. The summed E-state index contributed by atoms with van der Waals surface area (Å²) in [6, 6.07) is 0. The van der Waals surface area contributed by atoms with Gasteiger partial charge in [0, 0.05) is 6.26 Å². The normalized spacial score (nSPS) is 15.8. The second kappa shape index (κ2) is 4.70. The lowest BCUT2D eigenvalue weighted by Gasteiger charge is -2.30. The summed E-state index contributed by atoms with van der Waals surface area (Å²) >= 11 is 0. The van der Waals surface area contributed by atoms with Crippen LogP contribution in [0.15, 0.2) is 0 Å². The van der Waals surface area contributed by atoms with Crippen LogP contribution >= 0.6 is 0 Å². The molecule has 6 nitrogen and oxygen atoms in total. The predicted octanol–water partition coefficient (Wildman–Crippen LogP) is 0.741. The molecule has 0 spiro atoms. The molecule has 0 unspecified atom stereocenters. The Morgan fingerprint density at radius 1 is 0.632 bits per heavy atom. The molecule has 0 aliphatic rings. The van der Waals surface area contributed by atoms with Gasteiger partial charge in [-0.2, -0.15) is 0 Å². The van der Waals surface area contributed by atoms with Crippen molar-refractivity contribution in [2.45, 2.75) is 55.0 Å². The molecule has 0 N–H and O–H groups in total. The fourth-order valence-corrected chi connectivity index (χ4v) is 10.8. The van der Waals surface area contributed by atoms with Gasteiger partial charge in [0.25, 0.3) is 3.91 Å². The molecule has 0 saturated carbocycles. The summed E-state index contributed by atoms with van der Waals surface area (Å²) in [7, 11) is -13.1. The van der Waals surface area contributed by atoms with Gasteiger partial charge >= 0.3 is 0 Å². The molecule has 0 amide bonds. The minimum absolute atomic E-state index is 0.629. The van der Waals surface area contributed by atoms with Gasteiger partial charge in [0.15, 0.2) is 29.5 Å². The minimum Gasteiger partial charge on any atom is -0.227 e. The molecule has 0 atom stereocenters. The van der Waals surface area contributed by atoms with Crippen molar-refractivity contribution in [2.75, 3.05) is 6.26 Å². The summed E-state index contributed by atoms with van der Waals surface area (Å²) in [4.78, 5) is 0. The van der Waals surface area contributed by atoms with Crippen LogP contribution in [0.25, 0.3) is 0 Å². The van der Waals surface area contributed by atoms with Crippen LogP contribution in [0.3, 0.4) is 0 Å². The molecule has 0 radical (unpaired) electrons. The summed E-state index contributed by atoms with van der Waals surface area (Å²) < 4.78 is 67.4. The van der Waals surface area contributed by atoms with Crippen molar-refractivity contribution < 1.29 is 25.3 Å². The second-order valence-corrected chi connectivity index (χ2v) is 15.0. The molecular formula is C10H22O6S3. The smallest absolute Gasteiger partial charge is 0.227 e. The van der Waals surface area contributed by atoms with Crippen LogP contribution in [0, 0.1) is 0 Å². The first-order valence-corrected chi connectivity index (χ1v) is 10.6. The van der Waals surface area contributed by atoms with Gasteiger partial charge in [-0.05, 0) is 41.5 Å². The van der Waals surface area contributed by atoms with E-state index in [2.05, 4.69) is 0 Å². The molecule has 0 rings (SSSR count). The van der Waals surface area contributed by atoms with E-state index in [0.717, 1.165) is 0 Å². The molecule has 0 heterocycles. The summed E-state index contributed by atoms with van der Waals surface area (Å²) in [5, 5.41) is 0. The fraction of sp³-hybridized carbons (Fsp3) is 1.00. The van der Waals surface area contributed by atoms with E-state index in [-0.39, 0.29) is 0 Å². The van der Waals surface area contributed by atoms with E-state index in [1.54, 1.807) is 0 Å². The van der Waals surface area contributed by atoms with Crippen LogP contribution in [-0.4, -0.2) is 44.9 Å². The molecule has 0 fully saturated rings. The minimum atomic E-state index is -4.41. The van der Waals surface area contributed by atoms with Crippen molar-refractivity contribution in [2.24, 2.45) is 0 Å². The Morgan fingerprint density at radius 2 is 0.842 bits per heavy atom. The quantitative estimate of drug-likeness (QED) is 0.754. The highest BCUT2D eigenvalue weighted by Gasteiger charge is 2.54. The average molecular weight is 334 g/mol. The lowest BCUT2D eigenvalue weighted by atomic mass is 10.3. The molecule has 9 heteroatoms. The van der Waals surface area contributed by atoms with E-state index in [1.165, 1.54) is 41.5 Å². The van der Waals surface area contributed by atoms with Crippen LogP contribution in [0.1, 0.15) is 41.5 Å². The molecule has 116 valence electrons. The van der Waals surface area contributed by atoms with Gasteiger partial charge in [-0.3, -0.25) is 0 Å². The van der Waals surface area contributed by atoms with Crippen LogP contribution in [0.5, 0.6) is 0 Å². The summed E-state index contributed by atoms with van der Waals surface area (Å²) in [5.41, 5.74) is 0. The van der Waals surface area contributed by atoms with Crippen LogP contribution < -0.4 is 0 Å². The van der Waals surface area contributed by atoms with Crippen LogP contribution in [-0.2, 0) is 29.5 Å². The lowest BCUT2D eigenvalue weighted by Crippen LogP contribution is -2.51. The highest BCUT2D eigenvalue weighted by Crippen LogP contribution is 2.33. The second-order valence-electron chi connectivity index (χ2n) is 6.43. The van der Waals surface area contributed by atoms with Crippen molar-refractivity contribution in [1.82, 2.24) is 0 Å². The summed E-state index contributed by atoms with van der Waals surface area (Å²) in [6.45, 7) is 7.66. The van der Waals surface area contributed by atoms with Crippen molar-refractivity contribution in [3.8, 4) is 0 Å². The Morgan fingerprint density at radius 3 is 0.947 bits per heavy atom. The lowest BCUT2D eigenvalue weighted by molar-refractivity contribution is 0.541. The molecule has 0 aromatic rings. The third kappa shape index (κ3) is 3.49. The molecule has 19 heavy (non-hydrogen) atoms. The van der Waals surface area contributed by atoms with Gasteiger partial charge in [0.1, 0.15) is 0 Å². The van der Waals surface area contributed by atoms with Crippen molar-refractivity contribution >= 4 is 29.5 Å². The van der Waals surface area contributed by atoms with Gasteiger partial charge in [0.05, 0.1) is 9.49 Å². The van der Waals surface area contributed by atoms with Crippen LogP contribution in [0.4, 0.5) is 0 Å². The van der Waals surface area contributed by atoms with E-state index in [9.17, 15) is 25.3 Å². The zero-order valence-corrected chi connectivity index (χ0v) is 14.7. The van der Waals surface area contributed by atoms with E-state index >= 15 is 0 Å². The monoisotopic (exact) mass is 334 g/mol. The Kier molecular flexibility index (Phi) is 4.66. The number of hydrogen-bond donors (Lipinski definition) is 0. The van der Waals surface area contributed by atoms with Gasteiger partial charge < -0.3 is 0 Å². The first kappa shape index (κ1) is 18.9. The Balaban J connectivity index is 6.59. The molecule has 0 aromatic carbocycles. The molecule has 0 aliphatic carbocycles. The van der Waals surface area contributed by atoms with Gasteiger partial charge in [-0.25, -0.2) is 25.3 Å². The standard InChI is InChI=1S/C10H22O6S3/c1-9(2,3)18(13,14)8(17(7,11)12)19(15,16)10(4,5)6/h8H,1-7H3. The van der Waals surface area contributed by atoms with Crippen molar-refractivity contribution in [3.05, 3.63) is 0 Å². The first-order chi connectivity index (χ1) is 7.87. The summed E-state index contributed by atoms with van der Waals surface area (Å²) in [5.74, 6) is 0. The highest BCUT2D eigenvalue weighted by atomic mass is 32.3. The molecule has 0 aliphatic heterocycles. The molecular weight excluding hydrogens is 312 g/mol. The number of hydrogen-bond acceptors (Lipinski definition) is 6. The third-order valence-corrected chi connectivity index (χ3v) is 12.8. The predicted molar refractivity (Wildman–Crippen MR) is 76.0 cm³/mol. The van der Waals surface area contributed by atoms with Crippen molar-refractivity contribution in [3.63, 3.8) is 0 Å². The average Bonchev–Trinajstić information content (AvgIpc) is 1.93. The topological polar surface area (TPSA) is 102 Å². The van der Waals surface area contributed by atoms with Crippen LogP contribution in [0.2, 0.25) is 0 Å². The van der Waals surface area contributed by atoms with E-state index in [1.807, 2.05) is 0 Å². The maximum absolute atomic E-state index is 12.3. The largest absolute Gasteiger partial charge is 0.263 e. The van der Waals surface area contributed by atoms with Crippen molar-refractivity contribution in [1.29, 1.82) is 0 Å². The van der Waals surface area contributed by atoms with Gasteiger partial charge in [-0.15, -0.1) is 0 Å². The third-order valence-electron chi connectivity index (χ3n) is 2.56. The number of rotatable bonds is 3. The van der Waals surface area contributed by atoms with E-state index < -0.39 is 42.9 Å². The zero-order chi connectivity index (χ0) is 16.1. The van der Waals surface area contributed by atoms with Gasteiger partial charge in [-0.1, -0.05) is 0 Å². The zero-order valence-electron chi connectivity index (χ0n) is 12.3. The van der Waals surface area contributed by atoms with Gasteiger partial charge in [0.2, 0.25) is 0 Å². The molecule has 0 bridgehead atoms. The molecule has 0 saturated heterocycles.